The van der Waals surface area contributed by atoms with E-state index in [2.05, 4.69) is 83.1 Å². The van der Waals surface area contributed by atoms with Crippen molar-refractivity contribution in [3.8, 4) is 22.3 Å². The number of nitrogens with zero attached hydrogens (tertiary/aromatic N) is 2. The van der Waals surface area contributed by atoms with Gasteiger partial charge in [-0.3, -0.25) is 0 Å². The van der Waals surface area contributed by atoms with Gasteiger partial charge in [0, 0.05) is 11.1 Å². The van der Waals surface area contributed by atoms with Crippen LogP contribution in [0.1, 0.15) is 227 Å². The Labute approximate surface area is 444 Å². The number of rotatable bonds is 34. The summed E-state index contributed by atoms with van der Waals surface area (Å²) in [5.74, 6) is 2.17. The van der Waals surface area contributed by atoms with E-state index < -0.39 is 23.9 Å². The zero-order chi connectivity index (χ0) is 53.5. The molecule has 4 rings (SSSR count). The molecule has 0 saturated heterocycles. The van der Waals surface area contributed by atoms with E-state index in [0.717, 1.165) is 88.8 Å². The molecule has 0 unspecified atom stereocenters. The third kappa shape index (κ3) is 22.0. The third-order valence-electron chi connectivity index (χ3n) is 14.1. The Morgan fingerprint density at radius 2 is 0.616 bits per heavy atom. The molecular formula is C62H92N2O8S. The van der Waals surface area contributed by atoms with Crippen LogP contribution < -0.4 is 0 Å². The van der Waals surface area contributed by atoms with Gasteiger partial charge in [-0.05, 0) is 121 Å². The van der Waals surface area contributed by atoms with Crippen LogP contribution in [-0.4, -0.2) is 59.1 Å². The number of fused-ring (bicyclic) bond motifs is 1. The van der Waals surface area contributed by atoms with Crippen molar-refractivity contribution >= 4 is 46.6 Å². The first-order chi connectivity index (χ1) is 34.8. The quantitative estimate of drug-likeness (QED) is 0.0329. The Kier molecular flexibility index (Phi) is 26.7. The maximum absolute atomic E-state index is 13.8. The summed E-state index contributed by atoms with van der Waals surface area (Å²) in [5, 5.41) is 0. The molecule has 0 saturated carbocycles. The normalized spacial score (nSPS) is 13.4. The molecule has 0 radical (unpaired) electrons. The average Bonchev–Trinajstić information content (AvgIpc) is 3.83. The molecule has 10 nitrogen and oxygen atoms in total. The highest BCUT2D eigenvalue weighted by Crippen LogP contribution is 2.37. The molecule has 0 aliphatic carbocycles. The zero-order valence-corrected chi connectivity index (χ0v) is 47.8. The first-order valence-corrected chi connectivity index (χ1v) is 28.8. The standard InChI is InChI=1S/C62H92N2O8S/c1-41(2)17-13-21-45(9)27-31-69-59(65)51-35-49(36-52(39-51)60(66)70-32-28-46(10)22-14-18-42(3)4)55-25-26-56(58-57(55)63-73-64-58)50-37-53(61(67)71-33-29-47(11)23-15-19-43(5)6)40-54(38-50)62(68)72-34-30-48(12)24-16-20-44(7)8/h25-26,35-48H,13-24,27-34H2,1-12H3/t45-,46-,47-,48-/m0/s1. The van der Waals surface area contributed by atoms with Crippen LogP contribution in [0.15, 0.2) is 48.5 Å². The van der Waals surface area contributed by atoms with Crippen LogP contribution in [0.4, 0.5) is 0 Å². The van der Waals surface area contributed by atoms with Crippen LogP contribution in [-0.2, 0) is 18.9 Å². The summed E-state index contributed by atoms with van der Waals surface area (Å²) < 4.78 is 32.9. The van der Waals surface area contributed by atoms with Gasteiger partial charge in [-0.1, -0.05) is 172 Å². The summed E-state index contributed by atoms with van der Waals surface area (Å²) >= 11 is 1.03. The summed E-state index contributed by atoms with van der Waals surface area (Å²) in [7, 11) is 0. The summed E-state index contributed by atoms with van der Waals surface area (Å²) in [6.07, 6.45) is 16.5. The smallest absolute Gasteiger partial charge is 0.338 e. The third-order valence-corrected chi connectivity index (χ3v) is 14.7. The van der Waals surface area contributed by atoms with Gasteiger partial charge in [0.2, 0.25) is 0 Å². The molecule has 1 heterocycles. The lowest BCUT2D eigenvalue weighted by Crippen LogP contribution is -2.13. The molecule has 4 aromatic rings. The molecule has 404 valence electrons. The van der Waals surface area contributed by atoms with E-state index in [1.54, 1.807) is 36.4 Å². The highest BCUT2D eigenvalue weighted by molar-refractivity contribution is 7.00. The molecular weight excluding hydrogens is 933 g/mol. The van der Waals surface area contributed by atoms with E-state index in [9.17, 15) is 19.2 Å². The molecule has 11 heteroatoms. The first kappa shape index (κ1) is 60.9. The van der Waals surface area contributed by atoms with Gasteiger partial charge in [0.15, 0.2) is 0 Å². The van der Waals surface area contributed by atoms with Gasteiger partial charge in [0.25, 0.3) is 0 Å². The van der Waals surface area contributed by atoms with Crippen LogP contribution in [0.25, 0.3) is 33.3 Å². The van der Waals surface area contributed by atoms with Gasteiger partial charge in [0.1, 0.15) is 11.0 Å². The molecule has 0 aliphatic rings. The number of ether oxygens (including phenoxy) is 4. The van der Waals surface area contributed by atoms with E-state index in [-0.39, 0.29) is 48.7 Å². The van der Waals surface area contributed by atoms with E-state index >= 15 is 0 Å². The van der Waals surface area contributed by atoms with E-state index in [1.807, 2.05) is 12.1 Å². The molecule has 4 atom stereocenters. The van der Waals surface area contributed by atoms with Gasteiger partial charge in [-0.2, -0.15) is 8.75 Å². The van der Waals surface area contributed by atoms with Crippen molar-refractivity contribution in [1.82, 2.24) is 8.75 Å². The highest BCUT2D eigenvalue weighted by atomic mass is 32.1. The molecule has 0 spiro atoms. The van der Waals surface area contributed by atoms with Gasteiger partial charge in [-0.15, -0.1) is 0 Å². The van der Waals surface area contributed by atoms with Crippen molar-refractivity contribution in [3.05, 3.63) is 70.8 Å². The fraction of sp³-hybridized carbons (Fsp3) is 0.645. The molecule has 0 bridgehead atoms. The predicted octanol–water partition coefficient (Wildman–Crippen LogP) is 17.1. The number of hydrogen-bond donors (Lipinski definition) is 0. The second-order valence-corrected chi connectivity index (χ2v) is 23.7. The fourth-order valence-corrected chi connectivity index (χ4v) is 9.76. The predicted molar refractivity (Wildman–Crippen MR) is 299 cm³/mol. The van der Waals surface area contributed by atoms with Crippen LogP contribution in [0.3, 0.4) is 0 Å². The Morgan fingerprint density at radius 1 is 0.370 bits per heavy atom. The lowest BCUT2D eigenvalue weighted by atomic mass is 9.94. The molecule has 0 amide bonds. The first-order valence-electron chi connectivity index (χ1n) is 28.1. The Morgan fingerprint density at radius 3 is 0.849 bits per heavy atom. The summed E-state index contributed by atoms with van der Waals surface area (Å²) in [5.41, 5.74) is 4.48. The number of benzene rings is 3. The van der Waals surface area contributed by atoms with Gasteiger partial charge in [0.05, 0.1) is 60.4 Å². The van der Waals surface area contributed by atoms with Crippen LogP contribution in [0.2, 0.25) is 0 Å². The van der Waals surface area contributed by atoms with Gasteiger partial charge < -0.3 is 18.9 Å². The minimum absolute atomic E-state index is 0.239. The van der Waals surface area contributed by atoms with E-state index in [4.69, 9.17) is 27.7 Å². The highest BCUT2D eigenvalue weighted by Gasteiger charge is 2.23. The molecule has 0 fully saturated rings. The van der Waals surface area contributed by atoms with Crippen molar-refractivity contribution in [1.29, 1.82) is 0 Å². The summed E-state index contributed by atoms with van der Waals surface area (Å²) in [6.45, 7) is 27.7. The lowest BCUT2D eigenvalue weighted by Gasteiger charge is -2.15. The summed E-state index contributed by atoms with van der Waals surface area (Å²) in [6, 6.07) is 13.8. The number of carbonyl (C=O) groups is 4. The molecule has 3 aromatic carbocycles. The van der Waals surface area contributed by atoms with Gasteiger partial charge in [-0.25, -0.2) is 19.2 Å². The minimum atomic E-state index is -0.516. The summed E-state index contributed by atoms with van der Waals surface area (Å²) in [4.78, 5) is 55.3. The second kappa shape index (κ2) is 31.9. The van der Waals surface area contributed by atoms with Crippen LogP contribution in [0, 0.1) is 47.3 Å². The number of aromatic nitrogens is 2. The van der Waals surface area contributed by atoms with Crippen molar-refractivity contribution < 1.29 is 38.1 Å². The van der Waals surface area contributed by atoms with Crippen molar-refractivity contribution in [3.63, 3.8) is 0 Å². The maximum Gasteiger partial charge on any atom is 0.338 e. The Balaban J connectivity index is 1.67. The van der Waals surface area contributed by atoms with Crippen LogP contribution in [0.5, 0.6) is 0 Å². The number of carbonyl (C=O) groups excluding carboxylic acids is 4. The molecule has 0 N–H and O–H groups in total. The van der Waals surface area contributed by atoms with Crippen molar-refractivity contribution in [2.24, 2.45) is 47.3 Å². The molecule has 73 heavy (non-hydrogen) atoms. The zero-order valence-electron chi connectivity index (χ0n) is 46.9. The van der Waals surface area contributed by atoms with Crippen molar-refractivity contribution in [2.45, 2.75) is 186 Å². The van der Waals surface area contributed by atoms with Gasteiger partial charge >= 0.3 is 23.9 Å². The monoisotopic (exact) mass is 1020 g/mol. The van der Waals surface area contributed by atoms with E-state index in [1.165, 1.54) is 25.7 Å². The maximum atomic E-state index is 13.8. The fourth-order valence-electron chi connectivity index (χ4n) is 9.19. The second-order valence-electron chi connectivity index (χ2n) is 23.1. The average molecular weight is 1030 g/mol. The minimum Gasteiger partial charge on any atom is -0.462 e. The topological polar surface area (TPSA) is 131 Å². The van der Waals surface area contributed by atoms with E-state index in [0.29, 0.717) is 80.6 Å². The molecule has 1 aromatic heterocycles. The Hall–Kier alpha value is -4.64. The van der Waals surface area contributed by atoms with Crippen molar-refractivity contribution in [2.75, 3.05) is 26.4 Å². The largest absolute Gasteiger partial charge is 0.462 e. The number of esters is 4. The number of hydrogen-bond acceptors (Lipinski definition) is 11. The Bertz CT molecular complexity index is 2050. The molecule has 0 aliphatic heterocycles. The lowest BCUT2D eigenvalue weighted by molar-refractivity contribution is 0.0463. The van der Waals surface area contributed by atoms with Crippen LogP contribution >= 0.6 is 11.7 Å². The SMILES string of the molecule is CC(C)CCC[C@H](C)CCOC(=O)c1cc(C(=O)OCC[C@@H](C)CCCC(C)C)cc(-c2ccc(-c3cc(C(=O)OCC[C@@H](C)CCCC(C)C)cc(C(=O)OCC[C@@H](C)CCCC(C)C)c3)c3nsnc23)c1.